The highest BCUT2D eigenvalue weighted by atomic mass is 35.5. The zero-order chi connectivity index (χ0) is 17.1. The fourth-order valence-corrected chi connectivity index (χ4v) is 2.46. The molecule has 2 aromatic rings. The Morgan fingerprint density at radius 1 is 1.38 bits per heavy atom. The van der Waals surface area contributed by atoms with E-state index in [0.29, 0.717) is 12.0 Å². The molecule has 0 aliphatic heterocycles. The minimum atomic E-state index is -0.729. The number of carbonyl (C=O) groups excluding carboxylic acids is 1. The van der Waals surface area contributed by atoms with Gasteiger partial charge < -0.3 is 5.32 Å². The summed E-state index contributed by atoms with van der Waals surface area (Å²) in [7, 11) is 0. The van der Waals surface area contributed by atoms with Crippen LogP contribution in [0.25, 0.3) is 0 Å². The lowest BCUT2D eigenvalue weighted by Gasteiger charge is -2.10. The van der Waals surface area contributed by atoms with Crippen LogP contribution < -0.4 is 5.32 Å². The zero-order valence-electron chi connectivity index (χ0n) is 12.5. The van der Waals surface area contributed by atoms with Gasteiger partial charge in [-0.25, -0.2) is 18.4 Å². The van der Waals surface area contributed by atoms with E-state index in [2.05, 4.69) is 15.4 Å². The topological polar surface area (TPSA) is 59.8 Å². The van der Waals surface area contributed by atoms with Crippen molar-refractivity contribution in [3.05, 3.63) is 64.7 Å². The number of amides is 1. The van der Waals surface area contributed by atoms with E-state index in [1.54, 1.807) is 6.08 Å². The number of carbonyl (C=O) groups is 1. The SMILES string of the molecule is O=C(Nc1cccc(Cl)c1F)c1ncn(CC2=C(F)C=CCC2)n1. The molecule has 1 amide bonds. The number of nitrogens with one attached hydrogen (secondary N) is 1. The van der Waals surface area contributed by atoms with Crippen molar-refractivity contribution in [1.82, 2.24) is 14.8 Å². The number of rotatable bonds is 4. The van der Waals surface area contributed by atoms with Gasteiger partial charge in [-0.1, -0.05) is 23.7 Å². The Morgan fingerprint density at radius 3 is 3.00 bits per heavy atom. The molecule has 1 aliphatic rings. The number of nitrogens with zero attached hydrogens (tertiary/aromatic N) is 3. The van der Waals surface area contributed by atoms with Crippen molar-refractivity contribution in [3.8, 4) is 0 Å². The van der Waals surface area contributed by atoms with Gasteiger partial charge in [-0.2, -0.15) is 0 Å². The number of halogens is 3. The van der Waals surface area contributed by atoms with Gasteiger partial charge in [0.05, 0.1) is 17.3 Å². The predicted octanol–water partition coefficient (Wildman–Crippen LogP) is 3.90. The number of anilines is 1. The van der Waals surface area contributed by atoms with Gasteiger partial charge in [0.2, 0.25) is 5.82 Å². The number of allylic oxidation sites excluding steroid dienone is 4. The molecule has 0 unspecified atom stereocenters. The molecular weight excluding hydrogens is 338 g/mol. The molecule has 1 heterocycles. The maximum atomic E-state index is 13.8. The molecule has 0 radical (unpaired) electrons. The normalized spacial score (nSPS) is 14.1. The summed E-state index contributed by atoms with van der Waals surface area (Å²) >= 11 is 5.66. The average Bonchev–Trinajstić information content (AvgIpc) is 3.03. The molecule has 1 aromatic carbocycles. The van der Waals surface area contributed by atoms with Crippen LogP contribution in [0.15, 0.2) is 48.1 Å². The van der Waals surface area contributed by atoms with Crippen molar-refractivity contribution in [2.24, 2.45) is 0 Å². The molecule has 3 rings (SSSR count). The summed E-state index contributed by atoms with van der Waals surface area (Å²) in [6.07, 6.45) is 5.88. The summed E-state index contributed by atoms with van der Waals surface area (Å²) in [5, 5.41) is 6.26. The smallest absolute Gasteiger partial charge is 0.295 e. The third kappa shape index (κ3) is 3.51. The van der Waals surface area contributed by atoms with Crippen molar-refractivity contribution < 1.29 is 13.6 Å². The van der Waals surface area contributed by atoms with Crippen molar-refractivity contribution in [2.75, 3.05) is 5.32 Å². The molecular formula is C16H13ClF2N4O. The van der Waals surface area contributed by atoms with Crippen LogP contribution >= 0.6 is 11.6 Å². The molecule has 24 heavy (non-hydrogen) atoms. The standard InChI is InChI=1S/C16H13ClF2N4O/c17-11-5-3-7-13(14(11)19)21-16(24)15-20-9-23(22-15)8-10-4-1-2-6-12(10)18/h2-3,5-7,9H,1,4,8H2,(H,21,24). The van der Waals surface area contributed by atoms with Crippen LogP contribution in [-0.4, -0.2) is 20.7 Å². The van der Waals surface area contributed by atoms with E-state index in [1.807, 2.05) is 0 Å². The molecule has 0 atom stereocenters. The first-order valence-electron chi connectivity index (χ1n) is 7.23. The first-order chi connectivity index (χ1) is 11.5. The van der Waals surface area contributed by atoms with Crippen LogP contribution in [0.4, 0.5) is 14.5 Å². The second-order valence-electron chi connectivity index (χ2n) is 5.21. The summed E-state index contributed by atoms with van der Waals surface area (Å²) in [4.78, 5) is 16.0. The number of aromatic nitrogens is 3. The highest BCUT2D eigenvalue weighted by Gasteiger charge is 2.16. The van der Waals surface area contributed by atoms with Crippen LogP contribution in [0.2, 0.25) is 5.02 Å². The highest BCUT2D eigenvalue weighted by molar-refractivity contribution is 6.31. The quantitative estimate of drug-likeness (QED) is 0.909. The Bertz CT molecular complexity index is 844. The predicted molar refractivity (Wildman–Crippen MR) is 85.9 cm³/mol. The molecule has 0 saturated heterocycles. The van der Waals surface area contributed by atoms with Gasteiger partial charge in [-0.05, 0) is 36.6 Å². The van der Waals surface area contributed by atoms with Crippen LogP contribution in [0.1, 0.15) is 23.5 Å². The van der Waals surface area contributed by atoms with Crippen molar-refractivity contribution in [3.63, 3.8) is 0 Å². The van der Waals surface area contributed by atoms with Gasteiger partial charge in [-0.3, -0.25) is 4.79 Å². The van der Waals surface area contributed by atoms with E-state index in [9.17, 15) is 13.6 Å². The molecule has 124 valence electrons. The van der Waals surface area contributed by atoms with Crippen molar-refractivity contribution >= 4 is 23.2 Å². The zero-order valence-corrected chi connectivity index (χ0v) is 13.2. The minimum Gasteiger partial charge on any atom is -0.317 e. The van der Waals surface area contributed by atoms with Crippen LogP contribution in [-0.2, 0) is 6.54 Å². The molecule has 0 saturated carbocycles. The van der Waals surface area contributed by atoms with Crippen LogP contribution in [0, 0.1) is 5.82 Å². The Hall–Kier alpha value is -2.54. The van der Waals surface area contributed by atoms with Gasteiger partial charge in [0.25, 0.3) is 5.91 Å². The summed E-state index contributed by atoms with van der Waals surface area (Å²) in [5.41, 5.74) is 0.533. The number of hydrogen-bond donors (Lipinski definition) is 1. The summed E-state index contributed by atoms with van der Waals surface area (Å²) in [6, 6.07) is 4.27. The first-order valence-corrected chi connectivity index (χ1v) is 7.61. The minimum absolute atomic E-state index is 0.0602. The second kappa shape index (κ2) is 6.92. The van der Waals surface area contributed by atoms with Gasteiger partial charge in [0.15, 0.2) is 5.82 Å². The molecule has 8 heteroatoms. The third-order valence-corrected chi connectivity index (χ3v) is 3.80. The molecule has 0 bridgehead atoms. The van der Waals surface area contributed by atoms with Gasteiger partial charge in [-0.15, -0.1) is 5.10 Å². The van der Waals surface area contributed by atoms with E-state index in [0.717, 1.165) is 6.42 Å². The Labute approximate surface area is 141 Å². The molecule has 1 aromatic heterocycles. The van der Waals surface area contributed by atoms with Gasteiger partial charge in [0.1, 0.15) is 12.2 Å². The van der Waals surface area contributed by atoms with E-state index in [4.69, 9.17) is 11.6 Å². The molecule has 5 nitrogen and oxygen atoms in total. The number of benzene rings is 1. The maximum absolute atomic E-state index is 13.8. The third-order valence-electron chi connectivity index (χ3n) is 3.51. The molecule has 1 N–H and O–H groups in total. The monoisotopic (exact) mass is 350 g/mol. The molecule has 0 spiro atoms. The van der Waals surface area contributed by atoms with E-state index in [-0.39, 0.29) is 28.9 Å². The molecule has 1 aliphatic carbocycles. The average molecular weight is 351 g/mol. The number of hydrogen-bond acceptors (Lipinski definition) is 3. The van der Waals surface area contributed by atoms with Crippen LogP contribution in [0.5, 0.6) is 0 Å². The summed E-state index contributed by atoms with van der Waals surface area (Å²) in [5.74, 6) is -1.83. The van der Waals surface area contributed by atoms with Gasteiger partial charge >= 0.3 is 0 Å². The lowest BCUT2D eigenvalue weighted by atomic mass is 10.0. The second-order valence-corrected chi connectivity index (χ2v) is 5.62. The largest absolute Gasteiger partial charge is 0.317 e. The summed E-state index contributed by atoms with van der Waals surface area (Å²) < 4.78 is 28.8. The van der Waals surface area contributed by atoms with E-state index in [1.165, 1.54) is 35.3 Å². The molecule has 0 fully saturated rings. The van der Waals surface area contributed by atoms with Crippen molar-refractivity contribution in [1.29, 1.82) is 0 Å². The van der Waals surface area contributed by atoms with Gasteiger partial charge in [0, 0.05) is 0 Å². The van der Waals surface area contributed by atoms with Crippen molar-refractivity contribution in [2.45, 2.75) is 19.4 Å². The van der Waals surface area contributed by atoms with E-state index >= 15 is 0 Å². The first kappa shape index (κ1) is 16.3. The summed E-state index contributed by atoms with van der Waals surface area (Å²) in [6.45, 7) is 0.210. The van der Waals surface area contributed by atoms with E-state index < -0.39 is 11.7 Å². The fourth-order valence-electron chi connectivity index (χ4n) is 2.29. The highest BCUT2D eigenvalue weighted by Crippen LogP contribution is 2.23. The Kier molecular flexibility index (Phi) is 4.71. The maximum Gasteiger partial charge on any atom is 0.295 e. The van der Waals surface area contributed by atoms with Crippen LogP contribution in [0.3, 0.4) is 0 Å². The lowest BCUT2D eigenvalue weighted by Crippen LogP contribution is -2.15. The lowest BCUT2D eigenvalue weighted by molar-refractivity contribution is 0.101. The fraction of sp³-hybridized carbons (Fsp3) is 0.188. The Morgan fingerprint density at radius 2 is 2.21 bits per heavy atom. The Balaban J connectivity index is 1.72.